The van der Waals surface area contributed by atoms with Gasteiger partial charge in [-0.1, -0.05) is 42.8 Å². The van der Waals surface area contributed by atoms with Crippen LogP contribution in [0.2, 0.25) is 0 Å². The van der Waals surface area contributed by atoms with Crippen LogP contribution in [0.3, 0.4) is 0 Å². The van der Waals surface area contributed by atoms with Gasteiger partial charge in [-0.2, -0.15) is 4.98 Å². The molecule has 0 unspecified atom stereocenters. The smallest absolute Gasteiger partial charge is 0.233 e. The Morgan fingerprint density at radius 2 is 2.00 bits per heavy atom. The van der Waals surface area contributed by atoms with Gasteiger partial charge in [0, 0.05) is 17.5 Å². The molecular formula is C15H19N3O. The molecule has 4 nitrogen and oxygen atoms in total. The average Bonchev–Trinajstić information content (AvgIpc) is 3.05. The second-order valence-corrected chi connectivity index (χ2v) is 5.35. The van der Waals surface area contributed by atoms with Crippen molar-refractivity contribution in [3.8, 4) is 11.4 Å². The summed E-state index contributed by atoms with van der Waals surface area (Å²) >= 11 is 0. The van der Waals surface area contributed by atoms with Gasteiger partial charge in [-0.05, 0) is 24.8 Å². The number of rotatable bonds is 5. The van der Waals surface area contributed by atoms with E-state index in [0.29, 0.717) is 12.4 Å². The van der Waals surface area contributed by atoms with Crippen molar-refractivity contribution in [2.45, 2.75) is 44.6 Å². The fourth-order valence-electron chi connectivity index (χ4n) is 2.55. The molecule has 1 heterocycles. The summed E-state index contributed by atoms with van der Waals surface area (Å²) < 4.78 is 5.47. The monoisotopic (exact) mass is 257 g/mol. The quantitative estimate of drug-likeness (QED) is 0.894. The fourth-order valence-corrected chi connectivity index (χ4v) is 2.55. The first-order valence-electron chi connectivity index (χ1n) is 6.91. The predicted octanol–water partition coefficient (Wildman–Crippen LogP) is 3.03. The second kappa shape index (κ2) is 4.78. The highest BCUT2D eigenvalue weighted by Gasteiger charge is 2.48. The summed E-state index contributed by atoms with van der Waals surface area (Å²) in [6.07, 6.45) is 4.65. The first kappa shape index (κ1) is 12.4. The summed E-state index contributed by atoms with van der Waals surface area (Å²) in [5, 5.41) is 4.11. The Kier molecular flexibility index (Phi) is 3.11. The van der Waals surface area contributed by atoms with Gasteiger partial charge in [0.2, 0.25) is 11.7 Å². The summed E-state index contributed by atoms with van der Waals surface area (Å²) in [5.41, 5.74) is 7.86. The lowest BCUT2D eigenvalue weighted by atomic mass is 10.0. The van der Waals surface area contributed by atoms with Crippen LogP contribution < -0.4 is 5.73 Å². The van der Waals surface area contributed by atoms with Crippen LogP contribution in [0, 0.1) is 0 Å². The van der Waals surface area contributed by atoms with Crippen molar-refractivity contribution in [2.24, 2.45) is 5.73 Å². The van der Waals surface area contributed by atoms with Crippen molar-refractivity contribution in [1.82, 2.24) is 10.1 Å². The van der Waals surface area contributed by atoms with E-state index in [0.717, 1.165) is 29.9 Å². The number of benzene rings is 1. The van der Waals surface area contributed by atoms with Crippen LogP contribution in [0.1, 0.15) is 44.1 Å². The zero-order valence-corrected chi connectivity index (χ0v) is 11.2. The fraction of sp³-hybridized carbons (Fsp3) is 0.467. The predicted molar refractivity (Wildman–Crippen MR) is 73.4 cm³/mol. The zero-order chi connectivity index (χ0) is 13.3. The topological polar surface area (TPSA) is 64.9 Å². The minimum absolute atomic E-state index is 0.178. The normalized spacial score (nSPS) is 16.5. The largest absolute Gasteiger partial charge is 0.338 e. The minimum Gasteiger partial charge on any atom is -0.338 e. The lowest BCUT2D eigenvalue weighted by Gasteiger charge is -2.06. The van der Waals surface area contributed by atoms with Crippen LogP contribution in [0.4, 0.5) is 0 Å². The maximum atomic E-state index is 5.59. The Bertz CT molecular complexity index is 555. The number of hydrogen-bond acceptors (Lipinski definition) is 4. The third-order valence-corrected chi connectivity index (χ3v) is 3.91. The Balaban J connectivity index is 1.84. The molecule has 0 spiro atoms. The number of aromatic nitrogens is 2. The number of nitrogens with two attached hydrogens (primary N) is 1. The van der Waals surface area contributed by atoms with E-state index in [-0.39, 0.29) is 5.41 Å². The standard InChI is InChI=1S/C15H19N3O/c1-2-7-15(8-9-15)14-17-13(18-19-14)12-5-3-11(10-16)4-6-12/h3-6H,2,7-10,16H2,1H3. The van der Waals surface area contributed by atoms with E-state index in [4.69, 9.17) is 10.3 Å². The van der Waals surface area contributed by atoms with Gasteiger partial charge in [0.15, 0.2) is 0 Å². The molecule has 1 aliphatic rings. The van der Waals surface area contributed by atoms with Crippen LogP contribution in [0.25, 0.3) is 11.4 Å². The van der Waals surface area contributed by atoms with Crippen molar-refractivity contribution in [3.63, 3.8) is 0 Å². The number of hydrogen-bond donors (Lipinski definition) is 1. The molecular weight excluding hydrogens is 238 g/mol. The van der Waals surface area contributed by atoms with Crippen LogP contribution in [0.15, 0.2) is 28.8 Å². The molecule has 0 atom stereocenters. The Morgan fingerprint density at radius 1 is 1.26 bits per heavy atom. The van der Waals surface area contributed by atoms with Crippen LogP contribution in [-0.4, -0.2) is 10.1 Å². The molecule has 3 rings (SSSR count). The van der Waals surface area contributed by atoms with Gasteiger partial charge >= 0.3 is 0 Å². The van der Waals surface area contributed by atoms with Crippen LogP contribution in [-0.2, 0) is 12.0 Å². The van der Waals surface area contributed by atoms with Crippen molar-refractivity contribution >= 4 is 0 Å². The molecule has 1 saturated carbocycles. The molecule has 1 aliphatic carbocycles. The molecule has 4 heteroatoms. The van der Waals surface area contributed by atoms with Gasteiger partial charge < -0.3 is 10.3 Å². The van der Waals surface area contributed by atoms with Crippen molar-refractivity contribution in [3.05, 3.63) is 35.7 Å². The summed E-state index contributed by atoms with van der Waals surface area (Å²) in [5.74, 6) is 1.49. The highest BCUT2D eigenvalue weighted by atomic mass is 16.5. The average molecular weight is 257 g/mol. The van der Waals surface area contributed by atoms with Crippen LogP contribution in [0.5, 0.6) is 0 Å². The highest BCUT2D eigenvalue weighted by molar-refractivity contribution is 5.54. The third kappa shape index (κ3) is 2.28. The summed E-state index contributed by atoms with van der Waals surface area (Å²) in [7, 11) is 0. The Labute approximate surface area is 113 Å². The summed E-state index contributed by atoms with van der Waals surface area (Å²) in [6, 6.07) is 8.00. The zero-order valence-electron chi connectivity index (χ0n) is 11.2. The van der Waals surface area contributed by atoms with E-state index >= 15 is 0 Å². The molecule has 2 N–H and O–H groups in total. The molecule has 1 aromatic heterocycles. The van der Waals surface area contributed by atoms with Crippen LogP contribution >= 0.6 is 0 Å². The van der Waals surface area contributed by atoms with E-state index in [1.807, 2.05) is 24.3 Å². The highest BCUT2D eigenvalue weighted by Crippen LogP contribution is 2.51. The van der Waals surface area contributed by atoms with Gasteiger partial charge in [0.05, 0.1) is 0 Å². The van der Waals surface area contributed by atoms with E-state index in [1.54, 1.807) is 0 Å². The molecule has 0 bridgehead atoms. The third-order valence-electron chi connectivity index (χ3n) is 3.91. The number of nitrogens with zero attached hydrogens (tertiary/aromatic N) is 2. The minimum atomic E-state index is 0.178. The van der Waals surface area contributed by atoms with Gasteiger partial charge in [0.25, 0.3) is 0 Å². The Morgan fingerprint density at radius 3 is 2.58 bits per heavy atom. The van der Waals surface area contributed by atoms with Crippen molar-refractivity contribution in [2.75, 3.05) is 0 Å². The molecule has 19 heavy (non-hydrogen) atoms. The molecule has 100 valence electrons. The first-order chi connectivity index (χ1) is 9.27. The SMILES string of the molecule is CCCC1(c2nc(-c3ccc(CN)cc3)no2)CC1. The van der Waals surface area contributed by atoms with Gasteiger partial charge in [-0.3, -0.25) is 0 Å². The maximum absolute atomic E-state index is 5.59. The van der Waals surface area contributed by atoms with Gasteiger partial charge in [-0.25, -0.2) is 0 Å². The molecule has 2 aromatic rings. The lowest BCUT2D eigenvalue weighted by Crippen LogP contribution is -2.06. The molecule has 1 aromatic carbocycles. The lowest BCUT2D eigenvalue weighted by molar-refractivity contribution is 0.336. The van der Waals surface area contributed by atoms with Gasteiger partial charge in [0.1, 0.15) is 0 Å². The maximum Gasteiger partial charge on any atom is 0.233 e. The summed E-state index contributed by atoms with van der Waals surface area (Å²) in [6.45, 7) is 2.75. The molecule has 0 amide bonds. The second-order valence-electron chi connectivity index (χ2n) is 5.35. The van der Waals surface area contributed by atoms with Crippen molar-refractivity contribution in [1.29, 1.82) is 0 Å². The molecule has 0 radical (unpaired) electrons. The Hall–Kier alpha value is -1.68. The van der Waals surface area contributed by atoms with E-state index < -0.39 is 0 Å². The molecule has 1 fully saturated rings. The molecule has 0 saturated heterocycles. The van der Waals surface area contributed by atoms with Crippen molar-refractivity contribution < 1.29 is 4.52 Å². The summed E-state index contributed by atoms with van der Waals surface area (Å²) in [4.78, 5) is 4.58. The molecule has 0 aliphatic heterocycles. The van der Waals surface area contributed by atoms with E-state index in [2.05, 4.69) is 17.1 Å². The van der Waals surface area contributed by atoms with E-state index in [9.17, 15) is 0 Å². The van der Waals surface area contributed by atoms with Gasteiger partial charge in [-0.15, -0.1) is 0 Å². The van der Waals surface area contributed by atoms with E-state index in [1.165, 1.54) is 12.8 Å². The first-order valence-corrected chi connectivity index (χ1v) is 6.91.